The quantitative estimate of drug-likeness (QED) is 0.0795. The number of hydrogen-bond acceptors (Lipinski definition) is 12. The van der Waals surface area contributed by atoms with Crippen LogP contribution in [0.15, 0.2) is 72.0 Å². The van der Waals surface area contributed by atoms with Crippen LogP contribution in [0.25, 0.3) is 11.0 Å². The summed E-state index contributed by atoms with van der Waals surface area (Å²) in [5.74, 6) is -1.29. The number of sulfonamides is 1. The lowest BCUT2D eigenvalue weighted by atomic mass is 9.59. The molecule has 2 aromatic carbocycles. The summed E-state index contributed by atoms with van der Waals surface area (Å²) in [7, 11) is -4.80. The molecule has 10 rings (SSSR count). The number of benzene rings is 2. The highest BCUT2D eigenvalue weighted by atomic mass is 32.2. The maximum Gasteiger partial charge on any atom is 0.392 e. The smallest absolute Gasteiger partial charge is 0.392 e. The van der Waals surface area contributed by atoms with Gasteiger partial charge >= 0.3 is 15.8 Å². The van der Waals surface area contributed by atoms with E-state index in [-0.39, 0.29) is 51.9 Å². The Labute approximate surface area is 396 Å². The molecule has 2 atom stereocenters. The summed E-state index contributed by atoms with van der Waals surface area (Å²) in [5, 5.41) is 15.0. The number of likely N-dealkylation sites (tertiary alicyclic amines) is 1. The molecule has 2 saturated carbocycles. The van der Waals surface area contributed by atoms with E-state index >= 15 is 0 Å². The summed E-state index contributed by atoms with van der Waals surface area (Å²) in [6.07, 6.45) is 14.4. The highest BCUT2D eigenvalue weighted by Gasteiger charge is 2.50. The maximum atomic E-state index is 14.7. The Morgan fingerprint density at radius 2 is 1.81 bits per heavy atom. The van der Waals surface area contributed by atoms with Crippen molar-refractivity contribution in [1.29, 1.82) is 0 Å². The van der Waals surface area contributed by atoms with Gasteiger partial charge in [0.2, 0.25) is 0 Å². The topological polar surface area (TPSA) is 185 Å². The van der Waals surface area contributed by atoms with Gasteiger partial charge in [-0.1, -0.05) is 52.0 Å². The number of halogens is 1. The average Bonchev–Trinajstić information content (AvgIpc) is 3.94. The molecule has 5 aromatic rings. The molecule has 17 heteroatoms. The standard InChI is InChI=1S/C51H61FN8O7S/c1-31(2)37-8-5-6-9-38(37)42-10-7-19-59(42)35-26-51(27-35)17-20-58(21-18-51)34-11-12-39(43(23-34)67-36-24-40-41(52)29-54-47(40)53-28-36)49(61)57-68(64,65)45-25-44-46(48(56-45)60(62)63)55-33(30-66-44)22-32-13-15-50(3,4)16-14-32/h5-6,8-9,11-12,23-25,28-29,31-33,35,42,55H,7,10,13-22,26-27,30H2,1-4H3,(H,53,54)(H,57,61)/t33-,42-/m0/s1. The van der Waals surface area contributed by atoms with Gasteiger partial charge in [-0.15, -0.1) is 0 Å². The fourth-order valence-corrected chi connectivity index (χ4v) is 12.7. The molecule has 15 nitrogen and oxygen atoms in total. The number of carbonyl (C=O) groups excluding carboxylic acids is 1. The number of aromatic nitrogens is 3. The molecule has 1 amide bonds. The van der Waals surface area contributed by atoms with Gasteiger partial charge in [-0.2, -0.15) is 8.42 Å². The highest BCUT2D eigenvalue weighted by Crippen LogP contribution is 2.54. The number of aromatic amines is 1. The van der Waals surface area contributed by atoms with E-state index in [1.807, 2.05) is 0 Å². The van der Waals surface area contributed by atoms with E-state index in [2.05, 4.69) is 86.8 Å². The molecule has 3 aromatic heterocycles. The molecule has 2 aliphatic carbocycles. The third-order valence-corrected chi connectivity index (χ3v) is 16.9. The van der Waals surface area contributed by atoms with Crippen molar-refractivity contribution in [2.45, 2.75) is 127 Å². The Kier molecular flexibility index (Phi) is 12.1. The third kappa shape index (κ3) is 9.10. The zero-order valence-electron chi connectivity index (χ0n) is 39.2. The van der Waals surface area contributed by atoms with Crippen LogP contribution < -0.4 is 24.4 Å². The molecule has 0 radical (unpaired) electrons. The van der Waals surface area contributed by atoms with Crippen LogP contribution in [0.2, 0.25) is 0 Å². The minimum atomic E-state index is -4.80. The Hall–Kier alpha value is -5.81. The number of H-pyrrole nitrogens is 1. The second kappa shape index (κ2) is 17.9. The monoisotopic (exact) mass is 948 g/mol. The van der Waals surface area contributed by atoms with Crippen molar-refractivity contribution < 1.29 is 32.0 Å². The van der Waals surface area contributed by atoms with Gasteiger partial charge in [0.05, 0.1) is 23.2 Å². The van der Waals surface area contributed by atoms with Gasteiger partial charge < -0.3 is 34.8 Å². The fourth-order valence-electron chi connectivity index (χ4n) is 11.7. The maximum absolute atomic E-state index is 14.7. The number of carbonyl (C=O) groups is 1. The van der Waals surface area contributed by atoms with E-state index in [0.717, 1.165) is 76.3 Å². The number of nitrogens with zero attached hydrogens (tertiary/aromatic N) is 5. The normalized spacial score (nSPS) is 21.8. The number of fused-ring (bicyclic) bond motifs is 2. The first kappa shape index (κ1) is 45.9. The lowest BCUT2D eigenvalue weighted by Gasteiger charge is -2.56. The summed E-state index contributed by atoms with van der Waals surface area (Å²) < 4.78 is 56.8. The van der Waals surface area contributed by atoms with Crippen LogP contribution in [0.4, 0.5) is 21.6 Å². The van der Waals surface area contributed by atoms with Gasteiger partial charge in [-0.3, -0.25) is 9.69 Å². The number of rotatable bonds is 12. The zero-order valence-corrected chi connectivity index (χ0v) is 40.0. The van der Waals surface area contributed by atoms with E-state index in [1.54, 1.807) is 12.1 Å². The minimum Gasteiger partial charge on any atom is -0.489 e. The summed E-state index contributed by atoms with van der Waals surface area (Å²) >= 11 is 0. The molecule has 0 bridgehead atoms. The Morgan fingerprint density at radius 3 is 2.56 bits per heavy atom. The van der Waals surface area contributed by atoms with Gasteiger partial charge in [0, 0.05) is 49.2 Å². The Bertz CT molecular complexity index is 2840. The Morgan fingerprint density at radius 1 is 1.04 bits per heavy atom. The fraction of sp³-hybridized carbons (Fsp3) is 0.510. The molecule has 1 spiro atoms. The summed E-state index contributed by atoms with van der Waals surface area (Å²) in [6.45, 7) is 12.0. The summed E-state index contributed by atoms with van der Waals surface area (Å²) in [5.41, 5.74) is 4.43. The molecule has 5 aliphatic rings. The zero-order chi connectivity index (χ0) is 47.5. The largest absolute Gasteiger partial charge is 0.489 e. The molecular formula is C51H61FN8O7S. The number of nitro groups is 1. The lowest BCUT2D eigenvalue weighted by molar-refractivity contribution is -0.389. The molecule has 4 fully saturated rings. The second-order valence-corrected chi connectivity index (χ2v) is 22.7. The van der Waals surface area contributed by atoms with Crippen LogP contribution in [0.5, 0.6) is 17.2 Å². The summed E-state index contributed by atoms with van der Waals surface area (Å²) in [6, 6.07) is 17.2. The molecule has 68 heavy (non-hydrogen) atoms. The molecular weight excluding hydrogens is 888 g/mol. The Balaban J connectivity index is 0.853. The van der Waals surface area contributed by atoms with Crippen molar-refractivity contribution in [2.24, 2.45) is 16.7 Å². The number of anilines is 2. The van der Waals surface area contributed by atoms with Crippen molar-refractivity contribution in [2.75, 3.05) is 36.5 Å². The molecule has 0 unspecified atom stereocenters. The van der Waals surface area contributed by atoms with Crippen LogP contribution in [0, 0.1) is 32.7 Å². The first-order valence-corrected chi connectivity index (χ1v) is 25.7. The number of nitrogens with one attached hydrogen (secondary N) is 3. The van der Waals surface area contributed by atoms with Crippen LogP contribution in [0.3, 0.4) is 0 Å². The van der Waals surface area contributed by atoms with Gasteiger partial charge in [-0.05, 0) is 139 Å². The predicted octanol–water partition coefficient (Wildman–Crippen LogP) is 10.4. The summed E-state index contributed by atoms with van der Waals surface area (Å²) in [4.78, 5) is 41.7. The highest BCUT2D eigenvalue weighted by molar-refractivity contribution is 7.90. The van der Waals surface area contributed by atoms with E-state index < -0.39 is 37.5 Å². The van der Waals surface area contributed by atoms with Crippen molar-refractivity contribution in [3.8, 4) is 17.2 Å². The van der Waals surface area contributed by atoms with E-state index in [0.29, 0.717) is 35.0 Å². The van der Waals surface area contributed by atoms with Gasteiger partial charge in [0.1, 0.15) is 29.6 Å². The lowest BCUT2D eigenvalue weighted by Crippen LogP contribution is -2.54. The van der Waals surface area contributed by atoms with Crippen molar-refractivity contribution in [3.05, 3.63) is 99.6 Å². The van der Waals surface area contributed by atoms with E-state index in [9.17, 15) is 27.7 Å². The van der Waals surface area contributed by atoms with E-state index in [4.69, 9.17) is 9.47 Å². The van der Waals surface area contributed by atoms with Crippen LogP contribution in [0.1, 0.15) is 132 Å². The number of amides is 1. The number of piperidine rings is 1. The number of hydrogen-bond donors (Lipinski definition) is 3. The molecule has 3 aliphatic heterocycles. The molecule has 3 N–H and O–H groups in total. The van der Waals surface area contributed by atoms with Crippen LogP contribution in [-0.4, -0.2) is 77.4 Å². The van der Waals surface area contributed by atoms with Gasteiger partial charge in [-0.25, -0.2) is 14.1 Å². The van der Waals surface area contributed by atoms with Crippen molar-refractivity contribution in [3.63, 3.8) is 0 Å². The molecule has 360 valence electrons. The first-order valence-electron chi connectivity index (χ1n) is 24.2. The van der Waals surface area contributed by atoms with Gasteiger partial charge in [0.25, 0.3) is 10.9 Å². The SMILES string of the molecule is CC(C)c1ccccc1[C@@H]1CCCN1C1CC2(CCN(c3ccc(C(=O)NS(=O)(=O)c4cc5c(c([N+](=O)[O-])n4)N[C@@H](CC4CCC(C)(C)CC4)CO5)c(Oc4cnc5[nH]cc(F)c5c4)c3)CC2)C1. The first-order chi connectivity index (χ1) is 32.5. The van der Waals surface area contributed by atoms with Crippen molar-refractivity contribution in [1.82, 2.24) is 24.6 Å². The average molecular weight is 949 g/mol. The van der Waals surface area contributed by atoms with Gasteiger partial charge in [0.15, 0.2) is 11.4 Å². The molecule has 6 heterocycles. The minimum absolute atomic E-state index is 0.00706. The van der Waals surface area contributed by atoms with E-state index in [1.165, 1.54) is 61.3 Å². The third-order valence-electron chi connectivity index (χ3n) is 15.6. The van der Waals surface area contributed by atoms with Crippen molar-refractivity contribution >= 4 is 44.2 Å². The second-order valence-electron chi connectivity index (χ2n) is 21.1. The number of pyridine rings is 2. The molecule has 2 saturated heterocycles. The van der Waals surface area contributed by atoms with Crippen LogP contribution >= 0.6 is 0 Å². The van der Waals surface area contributed by atoms with Crippen LogP contribution in [-0.2, 0) is 10.0 Å². The number of ether oxygens (including phenoxy) is 2. The predicted molar refractivity (Wildman–Crippen MR) is 257 cm³/mol.